The van der Waals surface area contributed by atoms with Crippen molar-refractivity contribution in [2.24, 2.45) is 5.92 Å². The number of fused-ring (bicyclic) bond motifs is 1. The summed E-state index contributed by atoms with van der Waals surface area (Å²) in [6, 6.07) is 12.8. The van der Waals surface area contributed by atoms with E-state index in [2.05, 4.69) is 5.32 Å². The first-order valence-electron chi connectivity index (χ1n) is 10.2. The number of carbonyl (C=O) groups excluding carboxylic acids is 2. The molecule has 4 rings (SSSR count). The molecule has 0 bridgehead atoms. The van der Waals surface area contributed by atoms with Gasteiger partial charge in [0.1, 0.15) is 5.75 Å². The first kappa shape index (κ1) is 21.0. The topological polar surface area (TPSA) is 86.3 Å². The molecule has 1 N–H and O–H groups in total. The van der Waals surface area contributed by atoms with E-state index in [0.717, 1.165) is 5.56 Å². The van der Waals surface area contributed by atoms with Crippen LogP contribution in [-0.2, 0) is 9.53 Å². The first-order chi connectivity index (χ1) is 15.1. The van der Waals surface area contributed by atoms with E-state index in [4.69, 9.17) is 18.9 Å². The third-order valence-electron chi connectivity index (χ3n) is 5.71. The number of nitrogens with zero attached hydrogens (tertiary/aromatic N) is 1. The summed E-state index contributed by atoms with van der Waals surface area (Å²) in [6.45, 7) is 1.72. The molecule has 2 aromatic rings. The molecule has 1 saturated heterocycles. The summed E-state index contributed by atoms with van der Waals surface area (Å²) in [6.07, 6.45) is 0. The third-order valence-corrected chi connectivity index (χ3v) is 5.71. The van der Waals surface area contributed by atoms with Gasteiger partial charge in [0.2, 0.25) is 12.7 Å². The lowest BCUT2D eigenvalue weighted by Gasteiger charge is -2.20. The predicted molar refractivity (Wildman–Crippen MR) is 113 cm³/mol. The largest absolute Gasteiger partial charge is 0.496 e. The van der Waals surface area contributed by atoms with Crippen molar-refractivity contribution in [2.45, 2.75) is 5.92 Å². The lowest BCUT2D eigenvalue weighted by atomic mass is 9.87. The highest BCUT2D eigenvalue weighted by Crippen LogP contribution is 2.39. The summed E-state index contributed by atoms with van der Waals surface area (Å²) < 4.78 is 21.3. The number of methoxy groups -OCH3 is 2. The Morgan fingerprint density at radius 3 is 2.71 bits per heavy atom. The number of carbonyl (C=O) groups is 2. The third kappa shape index (κ3) is 4.29. The summed E-state index contributed by atoms with van der Waals surface area (Å²) in [5.74, 6) is 1.06. The molecule has 2 aliphatic rings. The number of amides is 2. The normalized spacial score (nSPS) is 19.4. The van der Waals surface area contributed by atoms with E-state index < -0.39 is 5.92 Å². The second-order valence-corrected chi connectivity index (χ2v) is 7.52. The van der Waals surface area contributed by atoms with Gasteiger partial charge in [-0.3, -0.25) is 9.59 Å². The Labute approximate surface area is 181 Å². The monoisotopic (exact) mass is 426 g/mol. The summed E-state index contributed by atoms with van der Waals surface area (Å²) in [7, 11) is 3.20. The minimum absolute atomic E-state index is 0.103. The van der Waals surface area contributed by atoms with E-state index in [1.807, 2.05) is 24.3 Å². The zero-order valence-corrected chi connectivity index (χ0v) is 17.6. The highest BCUT2D eigenvalue weighted by molar-refractivity contribution is 5.96. The van der Waals surface area contributed by atoms with Crippen molar-refractivity contribution >= 4 is 11.8 Å². The molecular weight excluding hydrogens is 400 g/mol. The second-order valence-electron chi connectivity index (χ2n) is 7.52. The Balaban J connectivity index is 1.58. The van der Waals surface area contributed by atoms with Crippen LogP contribution in [-0.4, -0.2) is 64.0 Å². The molecular formula is C23H26N2O6. The zero-order valence-electron chi connectivity index (χ0n) is 17.6. The fraction of sp³-hybridized carbons (Fsp3) is 0.391. The van der Waals surface area contributed by atoms with Gasteiger partial charge in [-0.25, -0.2) is 0 Å². The Morgan fingerprint density at radius 1 is 1.10 bits per heavy atom. The van der Waals surface area contributed by atoms with Gasteiger partial charge < -0.3 is 29.2 Å². The van der Waals surface area contributed by atoms with E-state index in [1.54, 1.807) is 37.3 Å². The average molecular weight is 426 g/mol. The molecule has 8 nitrogen and oxygen atoms in total. The standard InChI is InChI=1S/C23H26N2O6/c1-28-10-9-24-22(26)18-13-25(12-17(18)16-5-3-4-6-19(16)29-2)23(27)15-7-8-20-21(11-15)31-14-30-20/h3-8,11,17-18H,9-10,12-14H2,1-2H3,(H,24,26). The van der Waals surface area contributed by atoms with Gasteiger partial charge in [0, 0.05) is 38.2 Å². The van der Waals surface area contributed by atoms with E-state index in [-0.39, 0.29) is 24.5 Å². The molecule has 31 heavy (non-hydrogen) atoms. The number of likely N-dealkylation sites (tertiary alicyclic amines) is 1. The summed E-state index contributed by atoms with van der Waals surface area (Å²) in [5.41, 5.74) is 1.42. The Bertz CT molecular complexity index is 963. The molecule has 0 aliphatic carbocycles. The minimum atomic E-state index is -0.397. The maximum absolute atomic E-state index is 13.3. The molecule has 0 saturated carbocycles. The fourth-order valence-corrected chi connectivity index (χ4v) is 4.14. The van der Waals surface area contributed by atoms with Gasteiger partial charge in [0.05, 0.1) is 19.6 Å². The SMILES string of the molecule is COCCNC(=O)C1CN(C(=O)c2ccc3c(c2)OCO3)CC1c1ccccc1OC. The van der Waals surface area contributed by atoms with Crippen LogP contribution in [0.15, 0.2) is 42.5 Å². The Kier molecular flexibility index (Phi) is 6.27. The molecule has 2 aromatic carbocycles. The quantitative estimate of drug-likeness (QED) is 0.682. The molecule has 2 unspecified atom stereocenters. The fourth-order valence-electron chi connectivity index (χ4n) is 4.14. The highest BCUT2D eigenvalue weighted by atomic mass is 16.7. The van der Waals surface area contributed by atoms with Gasteiger partial charge in [0.15, 0.2) is 11.5 Å². The zero-order chi connectivity index (χ0) is 21.8. The van der Waals surface area contributed by atoms with Crippen LogP contribution in [0.5, 0.6) is 17.2 Å². The molecule has 2 heterocycles. The molecule has 1 fully saturated rings. The molecule has 2 atom stereocenters. The Morgan fingerprint density at radius 2 is 1.90 bits per heavy atom. The van der Waals surface area contributed by atoms with Crippen molar-refractivity contribution in [1.82, 2.24) is 10.2 Å². The van der Waals surface area contributed by atoms with Gasteiger partial charge in [-0.05, 0) is 29.8 Å². The second kappa shape index (κ2) is 9.26. The van der Waals surface area contributed by atoms with Crippen LogP contribution in [0.3, 0.4) is 0 Å². The molecule has 0 spiro atoms. The van der Waals surface area contributed by atoms with Crippen molar-refractivity contribution in [3.63, 3.8) is 0 Å². The smallest absolute Gasteiger partial charge is 0.254 e. The number of rotatable bonds is 7. The van der Waals surface area contributed by atoms with Crippen LogP contribution < -0.4 is 19.5 Å². The molecule has 2 aliphatic heterocycles. The highest BCUT2D eigenvalue weighted by Gasteiger charge is 2.41. The minimum Gasteiger partial charge on any atom is -0.496 e. The van der Waals surface area contributed by atoms with Crippen molar-refractivity contribution in [2.75, 3.05) is 47.3 Å². The maximum Gasteiger partial charge on any atom is 0.254 e. The van der Waals surface area contributed by atoms with Gasteiger partial charge in [-0.2, -0.15) is 0 Å². The lowest BCUT2D eigenvalue weighted by molar-refractivity contribution is -0.125. The van der Waals surface area contributed by atoms with E-state index in [0.29, 0.717) is 49.1 Å². The van der Waals surface area contributed by atoms with Crippen molar-refractivity contribution in [3.05, 3.63) is 53.6 Å². The molecule has 0 aromatic heterocycles. The van der Waals surface area contributed by atoms with Crippen LogP contribution >= 0.6 is 0 Å². The van der Waals surface area contributed by atoms with Crippen LogP contribution in [0.4, 0.5) is 0 Å². The molecule has 164 valence electrons. The Hall–Kier alpha value is -3.26. The predicted octanol–water partition coefficient (Wildman–Crippen LogP) is 2.04. The van der Waals surface area contributed by atoms with Crippen LogP contribution in [0.2, 0.25) is 0 Å². The molecule has 2 amide bonds. The number of hydrogen-bond acceptors (Lipinski definition) is 6. The van der Waals surface area contributed by atoms with Crippen molar-refractivity contribution in [1.29, 1.82) is 0 Å². The number of benzene rings is 2. The number of para-hydroxylation sites is 1. The van der Waals surface area contributed by atoms with Crippen molar-refractivity contribution < 1.29 is 28.5 Å². The number of nitrogens with one attached hydrogen (secondary N) is 1. The van der Waals surface area contributed by atoms with Crippen LogP contribution in [0.25, 0.3) is 0 Å². The van der Waals surface area contributed by atoms with E-state index in [1.165, 1.54) is 0 Å². The van der Waals surface area contributed by atoms with Gasteiger partial charge in [-0.15, -0.1) is 0 Å². The molecule has 0 radical (unpaired) electrons. The average Bonchev–Trinajstić information content (AvgIpc) is 3.45. The van der Waals surface area contributed by atoms with Crippen LogP contribution in [0.1, 0.15) is 21.8 Å². The first-order valence-corrected chi connectivity index (χ1v) is 10.2. The molecule has 8 heteroatoms. The lowest BCUT2D eigenvalue weighted by Crippen LogP contribution is -2.37. The number of hydrogen-bond donors (Lipinski definition) is 1. The van der Waals surface area contributed by atoms with Gasteiger partial charge in [0.25, 0.3) is 5.91 Å². The summed E-state index contributed by atoms with van der Waals surface area (Å²) in [4.78, 5) is 28.0. The maximum atomic E-state index is 13.3. The summed E-state index contributed by atoms with van der Waals surface area (Å²) >= 11 is 0. The van der Waals surface area contributed by atoms with Crippen LogP contribution in [0, 0.1) is 5.92 Å². The summed E-state index contributed by atoms with van der Waals surface area (Å²) in [5, 5.41) is 2.92. The van der Waals surface area contributed by atoms with E-state index >= 15 is 0 Å². The number of ether oxygens (including phenoxy) is 4. The van der Waals surface area contributed by atoms with Gasteiger partial charge in [-0.1, -0.05) is 18.2 Å². The van der Waals surface area contributed by atoms with E-state index in [9.17, 15) is 9.59 Å². The van der Waals surface area contributed by atoms with Crippen molar-refractivity contribution in [3.8, 4) is 17.2 Å². The van der Waals surface area contributed by atoms with Gasteiger partial charge >= 0.3 is 0 Å².